The van der Waals surface area contributed by atoms with Crippen molar-refractivity contribution in [3.8, 4) is 0 Å². The minimum Gasteiger partial charge on any atom is -0.481 e. The van der Waals surface area contributed by atoms with Gasteiger partial charge in [-0.2, -0.15) is 0 Å². The maximum atomic E-state index is 11.0. The zero-order valence-electron chi connectivity index (χ0n) is 8.99. The zero-order chi connectivity index (χ0) is 11.1. The molecule has 1 N–H and O–H groups in total. The standard InChI is InChI=1S/C11H15NO2S/c1-11(2,10(13)14)5-8-9(7-3-4-7)12-6-15-8/h6-7H,3-5H2,1-2H3,(H,13,14). The molecule has 1 fully saturated rings. The number of carbonyl (C=O) groups is 1. The summed E-state index contributed by atoms with van der Waals surface area (Å²) in [5.74, 6) is -0.131. The number of nitrogens with zero attached hydrogens (tertiary/aromatic N) is 1. The van der Waals surface area contributed by atoms with Gasteiger partial charge in [0.15, 0.2) is 0 Å². The number of carboxylic acid groups (broad SMARTS) is 1. The second-order valence-corrected chi connectivity index (χ2v) is 5.74. The van der Waals surface area contributed by atoms with Crippen LogP contribution in [0.3, 0.4) is 0 Å². The first kappa shape index (κ1) is 10.6. The highest BCUT2D eigenvalue weighted by atomic mass is 32.1. The molecule has 0 bridgehead atoms. The smallest absolute Gasteiger partial charge is 0.309 e. The van der Waals surface area contributed by atoms with Gasteiger partial charge in [0.05, 0.1) is 16.6 Å². The summed E-state index contributed by atoms with van der Waals surface area (Å²) in [5, 5.41) is 9.07. The average molecular weight is 225 g/mol. The van der Waals surface area contributed by atoms with Crippen LogP contribution in [0.1, 0.15) is 43.2 Å². The first-order valence-corrected chi connectivity index (χ1v) is 6.04. The lowest BCUT2D eigenvalue weighted by Crippen LogP contribution is -2.26. The molecule has 1 heterocycles. The van der Waals surface area contributed by atoms with Gasteiger partial charge in [0.2, 0.25) is 0 Å². The molecule has 1 aliphatic carbocycles. The Morgan fingerprint density at radius 3 is 2.87 bits per heavy atom. The quantitative estimate of drug-likeness (QED) is 0.857. The molecule has 0 unspecified atom stereocenters. The summed E-state index contributed by atoms with van der Waals surface area (Å²) in [6.45, 7) is 3.54. The van der Waals surface area contributed by atoms with Gasteiger partial charge in [-0.25, -0.2) is 4.98 Å². The van der Waals surface area contributed by atoms with Crippen LogP contribution < -0.4 is 0 Å². The fourth-order valence-corrected chi connectivity index (χ4v) is 2.66. The third-order valence-electron chi connectivity index (χ3n) is 2.82. The highest BCUT2D eigenvalue weighted by molar-refractivity contribution is 7.09. The topological polar surface area (TPSA) is 50.2 Å². The summed E-state index contributed by atoms with van der Waals surface area (Å²) in [7, 11) is 0. The molecule has 2 rings (SSSR count). The Balaban J connectivity index is 2.16. The van der Waals surface area contributed by atoms with Gasteiger partial charge >= 0.3 is 5.97 Å². The lowest BCUT2D eigenvalue weighted by molar-refractivity contribution is -0.146. The molecule has 1 saturated carbocycles. The molecule has 0 atom stereocenters. The second kappa shape index (κ2) is 3.59. The molecule has 0 aliphatic heterocycles. The Morgan fingerprint density at radius 2 is 2.33 bits per heavy atom. The number of thiazole rings is 1. The Kier molecular flexibility index (Phi) is 2.54. The Morgan fingerprint density at radius 1 is 1.67 bits per heavy atom. The summed E-state index contributed by atoms with van der Waals surface area (Å²) in [5.41, 5.74) is 2.30. The molecule has 82 valence electrons. The van der Waals surface area contributed by atoms with Gasteiger partial charge in [0.1, 0.15) is 0 Å². The summed E-state index contributed by atoms with van der Waals surface area (Å²) in [4.78, 5) is 16.5. The first-order valence-electron chi connectivity index (χ1n) is 5.16. The summed E-state index contributed by atoms with van der Waals surface area (Å²) < 4.78 is 0. The van der Waals surface area contributed by atoms with E-state index in [0.29, 0.717) is 12.3 Å². The summed E-state index contributed by atoms with van der Waals surface area (Å²) >= 11 is 1.59. The third kappa shape index (κ3) is 2.20. The van der Waals surface area contributed by atoms with Crippen molar-refractivity contribution in [1.29, 1.82) is 0 Å². The van der Waals surface area contributed by atoms with Crippen LogP contribution in [0.25, 0.3) is 0 Å². The molecule has 0 aromatic carbocycles. The maximum absolute atomic E-state index is 11.0. The van der Waals surface area contributed by atoms with Crippen molar-refractivity contribution in [3.05, 3.63) is 16.1 Å². The molecule has 0 amide bonds. The van der Waals surface area contributed by atoms with E-state index in [1.807, 2.05) is 5.51 Å². The van der Waals surface area contributed by atoms with Crippen molar-refractivity contribution in [2.75, 3.05) is 0 Å². The van der Waals surface area contributed by atoms with Crippen LogP contribution in [-0.4, -0.2) is 16.1 Å². The normalized spacial score (nSPS) is 16.7. The van der Waals surface area contributed by atoms with Crippen molar-refractivity contribution in [2.45, 2.75) is 39.0 Å². The molecule has 0 radical (unpaired) electrons. The van der Waals surface area contributed by atoms with E-state index in [4.69, 9.17) is 5.11 Å². The molecule has 4 heteroatoms. The number of hydrogen-bond donors (Lipinski definition) is 1. The highest BCUT2D eigenvalue weighted by Crippen LogP contribution is 2.43. The first-order chi connectivity index (χ1) is 7.00. The predicted molar refractivity (Wildman–Crippen MR) is 59.2 cm³/mol. The van der Waals surface area contributed by atoms with Crippen LogP contribution in [0.15, 0.2) is 5.51 Å². The van der Waals surface area contributed by atoms with Gasteiger partial charge in [0, 0.05) is 10.8 Å². The van der Waals surface area contributed by atoms with Crippen LogP contribution in [0.5, 0.6) is 0 Å². The number of aliphatic carboxylic acids is 1. The predicted octanol–water partition coefficient (Wildman–Crippen LogP) is 2.67. The van der Waals surface area contributed by atoms with E-state index in [9.17, 15) is 4.79 Å². The molecule has 15 heavy (non-hydrogen) atoms. The monoisotopic (exact) mass is 225 g/mol. The minimum atomic E-state index is -0.738. The molecule has 1 aliphatic rings. The van der Waals surface area contributed by atoms with Gasteiger partial charge in [-0.05, 0) is 33.1 Å². The van der Waals surface area contributed by atoms with Gasteiger partial charge in [-0.1, -0.05) is 0 Å². The van der Waals surface area contributed by atoms with Gasteiger partial charge in [0.25, 0.3) is 0 Å². The SMILES string of the molecule is CC(C)(Cc1scnc1C1CC1)C(=O)O. The molecule has 0 spiro atoms. The van der Waals surface area contributed by atoms with Gasteiger partial charge in [-0.3, -0.25) is 4.79 Å². The van der Waals surface area contributed by atoms with Crippen molar-refractivity contribution >= 4 is 17.3 Å². The second-order valence-electron chi connectivity index (χ2n) is 4.80. The van der Waals surface area contributed by atoms with Crippen LogP contribution in [0.2, 0.25) is 0 Å². The highest BCUT2D eigenvalue weighted by Gasteiger charge is 2.33. The summed E-state index contributed by atoms with van der Waals surface area (Å²) in [6, 6.07) is 0. The van der Waals surface area contributed by atoms with Crippen molar-refractivity contribution in [1.82, 2.24) is 4.98 Å². The van der Waals surface area contributed by atoms with Gasteiger partial charge in [-0.15, -0.1) is 11.3 Å². The Bertz CT molecular complexity index is 380. The number of carboxylic acids is 1. The molecule has 1 aromatic heterocycles. The lowest BCUT2D eigenvalue weighted by Gasteiger charge is -2.18. The van der Waals surface area contributed by atoms with E-state index in [-0.39, 0.29) is 0 Å². The fraction of sp³-hybridized carbons (Fsp3) is 0.636. The number of hydrogen-bond acceptors (Lipinski definition) is 3. The van der Waals surface area contributed by atoms with Crippen molar-refractivity contribution < 1.29 is 9.90 Å². The zero-order valence-corrected chi connectivity index (χ0v) is 9.80. The van der Waals surface area contributed by atoms with Crippen molar-refractivity contribution in [3.63, 3.8) is 0 Å². The Labute approximate surface area is 93.2 Å². The van der Waals surface area contributed by atoms with E-state index in [0.717, 1.165) is 10.6 Å². The van der Waals surface area contributed by atoms with E-state index in [2.05, 4.69) is 4.98 Å². The third-order valence-corrected chi connectivity index (χ3v) is 3.67. The van der Waals surface area contributed by atoms with Crippen LogP contribution in [-0.2, 0) is 11.2 Å². The van der Waals surface area contributed by atoms with E-state index < -0.39 is 11.4 Å². The van der Waals surface area contributed by atoms with Crippen molar-refractivity contribution in [2.24, 2.45) is 5.41 Å². The molecule has 3 nitrogen and oxygen atoms in total. The number of aromatic nitrogens is 1. The van der Waals surface area contributed by atoms with Crippen LogP contribution >= 0.6 is 11.3 Å². The van der Waals surface area contributed by atoms with E-state index >= 15 is 0 Å². The minimum absolute atomic E-state index is 0.596. The number of rotatable bonds is 4. The summed E-state index contributed by atoms with van der Waals surface area (Å²) in [6.07, 6.45) is 3.02. The van der Waals surface area contributed by atoms with Crippen LogP contribution in [0.4, 0.5) is 0 Å². The fourth-order valence-electron chi connectivity index (χ4n) is 1.58. The maximum Gasteiger partial charge on any atom is 0.309 e. The molecular weight excluding hydrogens is 210 g/mol. The molecular formula is C11H15NO2S. The van der Waals surface area contributed by atoms with Crippen LogP contribution in [0, 0.1) is 5.41 Å². The Hall–Kier alpha value is -0.900. The average Bonchev–Trinajstić information content (AvgIpc) is 2.88. The van der Waals surface area contributed by atoms with E-state index in [1.54, 1.807) is 25.2 Å². The lowest BCUT2D eigenvalue weighted by atomic mass is 9.88. The largest absolute Gasteiger partial charge is 0.481 e. The molecule has 1 aromatic rings. The van der Waals surface area contributed by atoms with E-state index in [1.165, 1.54) is 12.8 Å². The molecule has 0 saturated heterocycles. The van der Waals surface area contributed by atoms with Gasteiger partial charge < -0.3 is 5.11 Å².